The minimum absolute atomic E-state index is 0.545. The van der Waals surface area contributed by atoms with E-state index in [1.165, 1.54) is 10.8 Å². The summed E-state index contributed by atoms with van der Waals surface area (Å²) in [6.45, 7) is 7.76. The van der Waals surface area contributed by atoms with E-state index in [0.29, 0.717) is 56.3 Å². The Morgan fingerprint density at radius 1 is 0.162 bits per heavy atom. The number of hydrogen-bond donors (Lipinski definition) is 0. The van der Waals surface area contributed by atoms with E-state index in [-0.39, 0.29) is 0 Å². The molecule has 9 heterocycles. The molecule has 0 spiro atoms. The van der Waals surface area contributed by atoms with Crippen LogP contribution in [0.25, 0.3) is 237 Å². The third-order valence-corrected chi connectivity index (χ3v) is 28.0. The second-order valence-corrected chi connectivity index (χ2v) is 36.3. The molecule has 0 aliphatic carbocycles. The SMILES string of the molecule is N#Cc1ccc(-c2cccc(-c3cc(-n4c5ccccc5c5ccccc54)nc(-n4c5ccccc5c5cc(C#N)ccc54)c3)c2)cc1.N#Cc1cccc(-c2cccc(-c3cc(-n4c5ccccc5c5ccccc54)nc(-n4c5ccc(C#N)cc5c5cc(C#N)ccc54)c3)c2)c1.[C-]#[N+]c1ccccc1-c1cccc(-c2cc(-n3c4ccccc4c4ccccc43)nc(-n3c4ccc(C#N)cc4c4cc(C#N)ccc43)c2)c1. The van der Waals surface area contributed by atoms with E-state index in [9.17, 15) is 36.8 Å². The Kier molecular flexibility index (Phi) is 21.6. The van der Waals surface area contributed by atoms with Crippen LogP contribution in [0, 0.1) is 85.9 Å². The van der Waals surface area contributed by atoms with Crippen LogP contribution in [-0.2, 0) is 0 Å². The molecule has 0 bridgehead atoms. The van der Waals surface area contributed by atoms with Crippen molar-refractivity contribution in [1.82, 2.24) is 42.4 Å². The Hall–Kier alpha value is -21.9. The highest BCUT2D eigenvalue weighted by molar-refractivity contribution is 6.15. The van der Waals surface area contributed by atoms with Crippen molar-refractivity contribution in [2.24, 2.45) is 0 Å². The highest BCUT2D eigenvalue weighted by atomic mass is 15.2. The number of fused-ring (bicyclic) bond motifs is 18. The summed E-state index contributed by atoms with van der Waals surface area (Å²) in [5.74, 6) is 4.49. The largest absolute Gasteiger partial charge is 0.294 e. The summed E-state index contributed by atoms with van der Waals surface area (Å²) in [7, 11) is 0. The molecule has 0 fully saturated rings. The van der Waals surface area contributed by atoms with Crippen LogP contribution in [-0.4, -0.2) is 42.4 Å². The Labute approximate surface area is 847 Å². The maximum atomic E-state index is 9.77. The number of nitriles is 7. The number of rotatable bonds is 12. The molecule has 0 aliphatic rings. The lowest BCUT2D eigenvalue weighted by molar-refractivity contribution is 1.01. The summed E-state index contributed by atoms with van der Waals surface area (Å²) in [5.41, 5.74) is 28.4. The topological polar surface area (TPSA) is 239 Å². The first-order chi connectivity index (χ1) is 73.0. The molecule has 0 saturated heterocycles. The Bertz CT molecular complexity index is 10400. The van der Waals surface area contributed by atoms with Crippen molar-refractivity contribution >= 4 is 137 Å². The van der Waals surface area contributed by atoms with Crippen LogP contribution in [0.3, 0.4) is 0 Å². The highest BCUT2D eigenvalue weighted by Gasteiger charge is 2.26. The molecule has 0 aliphatic heterocycles. The van der Waals surface area contributed by atoms with E-state index in [2.05, 4.69) is 299 Å². The third kappa shape index (κ3) is 15.1. The van der Waals surface area contributed by atoms with Crippen LogP contribution < -0.4 is 0 Å². The van der Waals surface area contributed by atoms with Crippen LogP contribution in [0.2, 0.25) is 0 Å². The number of pyridine rings is 3. The molecule has 0 atom stereocenters. The van der Waals surface area contributed by atoms with Crippen molar-refractivity contribution in [2.45, 2.75) is 0 Å². The fourth-order valence-corrected chi connectivity index (χ4v) is 21.3. The third-order valence-electron chi connectivity index (χ3n) is 28.0. The normalized spacial score (nSPS) is 11.2. The first kappa shape index (κ1) is 87.6. The Morgan fingerprint density at radius 2 is 0.372 bits per heavy atom. The molecule has 27 rings (SSSR count). The fraction of sp³-hybridized carbons (Fsp3) is 0. The van der Waals surface area contributed by atoms with E-state index in [1.54, 1.807) is 0 Å². The zero-order chi connectivity index (χ0) is 99.7. The van der Waals surface area contributed by atoms with Gasteiger partial charge < -0.3 is 0 Å². The minimum Gasteiger partial charge on any atom is -0.294 e. The zero-order valence-electron chi connectivity index (χ0n) is 78.7. The van der Waals surface area contributed by atoms with E-state index in [1.807, 2.05) is 218 Å². The van der Waals surface area contributed by atoms with Gasteiger partial charge in [0.1, 0.15) is 34.9 Å². The number of nitrogens with zero attached hydrogens (tertiary/aromatic N) is 17. The second-order valence-electron chi connectivity index (χ2n) is 36.3. The molecular weight excluding hydrogens is 1810 g/mol. The van der Waals surface area contributed by atoms with Gasteiger partial charge in [0.15, 0.2) is 5.69 Å². The van der Waals surface area contributed by atoms with Gasteiger partial charge in [-0.2, -0.15) is 36.8 Å². The first-order valence-electron chi connectivity index (χ1n) is 48.0. The highest BCUT2D eigenvalue weighted by Crippen LogP contribution is 2.45. The van der Waals surface area contributed by atoms with Crippen LogP contribution >= 0.6 is 0 Å². The van der Waals surface area contributed by atoms with Gasteiger partial charge in [-0.25, -0.2) is 19.8 Å². The maximum absolute atomic E-state index is 9.77. The molecule has 0 amide bonds. The molecule has 9 aromatic heterocycles. The van der Waals surface area contributed by atoms with Gasteiger partial charge >= 0.3 is 0 Å². The molecule has 27 aromatic rings. The quantitative estimate of drug-likeness (QED) is 0.105. The average molecular weight is 1890 g/mol. The van der Waals surface area contributed by atoms with Gasteiger partial charge in [-0.1, -0.05) is 231 Å². The summed E-state index contributed by atoms with van der Waals surface area (Å²) in [6, 6.07) is 164. The first-order valence-corrected chi connectivity index (χ1v) is 48.0. The van der Waals surface area contributed by atoms with E-state index < -0.39 is 0 Å². The number of para-hydroxylation sites is 8. The summed E-state index contributed by atoms with van der Waals surface area (Å²) in [4.78, 5) is 20.0. The lowest BCUT2D eigenvalue weighted by Crippen LogP contribution is -2.04. The van der Waals surface area contributed by atoms with Crippen LogP contribution in [0.4, 0.5) is 5.69 Å². The molecular formula is C131H73N17. The van der Waals surface area contributed by atoms with E-state index >= 15 is 0 Å². The van der Waals surface area contributed by atoms with Crippen LogP contribution in [0.1, 0.15) is 38.9 Å². The van der Waals surface area contributed by atoms with Gasteiger partial charge in [0.2, 0.25) is 0 Å². The molecule has 17 heteroatoms. The second kappa shape index (κ2) is 36.4. The summed E-state index contributed by atoms with van der Waals surface area (Å²) >= 11 is 0. The van der Waals surface area contributed by atoms with Crippen molar-refractivity contribution in [2.75, 3.05) is 0 Å². The average Bonchev–Trinajstić information content (AvgIpc) is 1.58. The lowest BCUT2D eigenvalue weighted by atomic mass is 9.98. The maximum Gasteiger partial charge on any atom is 0.194 e. The number of aromatic nitrogens is 9. The lowest BCUT2D eigenvalue weighted by Gasteiger charge is -2.15. The molecule has 0 radical (unpaired) electrons. The zero-order valence-corrected chi connectivity index (χ0v) is 78.7. The Morgan fingerprint density at radius 3 is 0.662 bits per heavy atom. The van der Waals surface area contributed by atoms with Gasteiger partial charge in [-0.3, -0.25) is 27.4 Å². The monoisotopic (exact) mass is 1880 g/mol. The van der Waals surface area contributed by atoms with E-state index in [4.69, 9.17) is 21.5 Å². The Balaban J connectivity index is 0.000000115. The van der Waals surface area contributed by atoms with Crippen LogP contribution in [0.5, 0.6) is 0 Å². The van der Waals surface area contributed by atoms with Crippen molar-refractivity contribution in [3.05, 3.63) is 493 Å². The molecule has 0 N–H and O–H groups in total. The predicted octanol–water partition coefficient (Wildman–Crippen LogP) is 31.5. The van der Waals surface area contributed by atoms with E-state index in [0.717, 1.165) is 210 Å². The van der Waals surface area contributed by atoms with Gasteiger partial charge in [0, 0.05) is 64.6 Å². The number of hydrogen-bond acceptors (Lipinski definition) is 10. The van der Waals surface area contributed by atoms with Gasteiger partial charge in [-0.15, -0.1) is 0 Å². The minimum atomic E-state index is 0.545. The van der Waals surface area contributed by atoms with Gasteiger partial charge in [-0.05, 0) is 279 Å². The summed E-state index contributed by atoms with van der Waals surface area (Å²) in [6.07, 6.45) is 0. The molecule has 0 unspecified atom stereocenters. The van der Waals surface area contributed by atoms with Crippen LogP contribution in [0.15, 0.2) is 443 Å². The van der Waals surface area contributed by atoms with Crippen molar-refractivity contribution < 1.29 is 0 Å². The van der Waals surface area contributed by atoms with Gasteiger partial charge in [0.25, 0.3) is 0 Å². The fourth-order valence-electron chi connectivity index (χ4n) is 21.3. The predicted molar refractivity (Wildman–Crippen MR) is 591 cm³/mol. The summed E-state index contributed by atoms with van der Waals surface area (Å²) in [5, 5.41) is 80.1. The molecule has 17 nitrogen and oxygen atoms in total. The molecule has 0 saturated carbocycles. The number of benzene rings is 18. The smallest absolute Gasteiger partial charge is 0.194 e. The molecule has 148 heavy (non-hydrogen) atoms. The van der Waals surface area contributed by atoms with Gasteiger partial charge in [0.05, 0.1) is 154 Å². The standard InChI is InChI=1S/2C44H24N6.C43H25N5/c1-47-38-14-5-2-11-33(38)31-10-8-9-30(23-31)32-24-43(49-39-15-6-3-12-34(39)35-13-4-7-16-40(35)49)48-44(25-32)50-41-19-17-28(26-45)21-36(41)37-22-29(27-46)18-20-42(37)50;45-25-28-7-5-8-31(19-28)32-9-6-10-33(22-32)34-23-43(49-39-13-3-1-11-35(39)36-12-2-4-14-40(36)49)48-44(24-34)50-41-17-15-29(26-46)20-37(41)38-21-30(27-47)16-18-42(38)50;44-26-28-16-19-30(20-17-28)31-8-7-9-32(23-31)33-24-42(47-38-13-4-1-10-34(38)35-11-2-5-14-39(35)47)46-43(25-33)48-40-15-6-3-12-36(40)37-22-29(27-45)18-21-41(37)48/h2-25H;1-24H;1-25H. The van der Waals surface area contributed by atoms with Crippen molar-refractivity contribution in [1.29, 1.82) is 36.8 Å². The molecule has 18 aromatic carbocycles. The summed E-state index contributed by atoms with van der Waals surface area (Å²) < 4.78 is 13.1. The van der Waals surface area contributed by atoms with Crippen molar-refractivity contribution in [3.63, 3.8) is 0 Å². The molecule has 682 valence electrons. The van der Waals surface area contributed by atoms with Crippen molar-refractivity contribution in [3.8, 4) is 144 Å².